The highest BCUT2D eigenvalue weighted by Gasteiger charge is 2.11. The smallest absolute Gasteiger partial charge is 0.333 e. The van der Waals surface area contributed by atoms with Crippen molar-refractivity contribution in [1.29, 1.82) is 0 Å². The summed E-state index contributed by atoms with van der Waals surface area (Å²) in [4.78, 5) is 11.7. The van der Waals surface area contributed by atoms with Crippen LogP contribution in [-0.4, -0.2) is 11.1 Å². The maximum atomic E-state index is 11.7. The van der Waals surface area contributed by atoms with Crippen molar-refractivity contribution in [2.45, 2.75) is 27.1 Å². The number of ether oxygens (including phenoxy) is 1. The van der Waals surface area contributed by atoms with Gasteiger partial charge in [0.1, 0.15) is 6.61 Å². The molecule has 28 heavy (non-hydrogen) atoms. The predicted octanol–water partition coefficient (Wildman–Crippen LogP) is 5.44. The monoisotopic (exact) mass is 372 g/mol. The highest BCUT2D eigenvalue weighted by molar-refractivity contribution is 5.87. The molecule has 0 radical (unpaired) electrons. The molecular weight excluding hydrogens is 348 g/mol. The maximum Gasteiger partial charge on any atom is 0.333 e. The lowest BCUT2D eigenvalue weighted by Crippen LogP contribution is -2.06. The van der Waals surface area contributed by atoms with Crippen LogP contribution in [0, 0.1) is 6.92 Å². The average Bonchev–Trinajstić information content (AvgIpc) is 2.72. The van der Waals surface area contributed by atoms with E-state index in [-0.39, 0.29) is 13.2 Å². The summed E-state index contributed by atoms with van der Waals surface area (Å²) in [6.07, 6.45) is 0. The van der Waals surface area contributed by atoms with Crippen molar-refractivity contribution in [1.82, 2.24) is 0 Å². The van der Waals surface area contributed by atoms with Crippen LogP contribution in [0.3, 0.4) is 0 Å². The van der Waals surface area contributed by atoms with Crippen LogP contribution in [0.2, 0.25) is 0 Å². The van der Waals surface area contributed by atoms with E-state index in [4.69, 9.17) is 4.74 Å². The van der Waals surface area contributed by atoms with E-state index in [1.807, 2.05) is 36.4 Å². The van der Waals surface area contributed by atoms with E-state index in [0.717, 1.165) is 27.8 Å². The van der Waals surface area contributed by atoms with Crippen LogP contribution in [0.1, 0.15) is 23.6 Å². The molecule has 0 aliphatic heterocycles. The Bertz CT molecular complexity index is 1000. The van der Waals surface area contributed by atoms with Crippen molar-refractivity contribution in [3.8, 4) is 22.3 Å². The lowest BCUT2D eigenvalue weighted by molar-refractivity contribution is -0.140. The van der Waals surface area contributed by atoms with Crippen LogP contribution < -0.4 is 0 Å². The van der Waals surface area contributed by atoms with Gasteiger partial charge >= 0.3 is 5.97 Å². The molecule has 0 amide bonds. The van der Waals surface area contributed by atoms with Crippen LogP contribution in [0.25, 0.3) is 22.3 Å². The zero-order valence-electron chi connectivity index (χ0n) is 16.2. The summed E-state index contributed by atoms with van der Waals surface area (Å²) < 4.78 is 5.28. The summed E-state index contributed by atoms with van der Waals surface area (Å²) in [5.41, 5.74) is 7.53. The van der Waals surface area contributed by atoms with Gasteiger partial charge in [-0.2, -0.15) is 0 Å². The van der Waals surface area contributed by atoms with Crippen molar-refractivity contribution in [3.63, 3.8) is 0 Å². The van der Waals surface area contributed by atoms with E-state index in [1.165, 1.54) is 11.1 Å². The van der Waals surface area contributed by atoms with E-state index < -0.39 is 5.97 Å². The molecule has 0 atom stereocenters. The van der Waals surface area contributed by atoms with Gasteiger partial charge < -0.3 is 9.84 Å². The van der Waals surface area contributed by atoms with E-state index in [0.29, 0.717) is 5.57 Å². The van der Waals surface area contributed by atoms with Crippen molar-refractivity contribution in [3.05, 3.63) is 95.6 Å². The zero-order valence-corrected chi connectivity index (χ0v) is 16.2. The summed E-state index contributed by atoms with van der Waals surface area (Å²) in [5.74, 6) is -0.433. The molecule has 3 heteroatoms. The number of hydrogen-bond acceptors (Lipinski definition) is 3. The molecule has 3 aromatic rings. The predicted molar refractivity (Wildman–Crippen MR) is 113 cm³/mol. The highest BCUT2D eigenvalue weighted by atomic mass is 16.5. The van der Waals surface area contributed by atoms with Crippen LogP contribution in [0.4, 0.5) is 0 Å². The first-order valence-corrected chi connectivity index (χ1v) is 9.21. The SMILES string of the molecule is C=C(C)C(=O)OCc1cc(-c2ccc(-c3ccccc3)cc2C)ccc1CO. The van der Waals surface area contributed by atoms with Gasteiger partial charge in [-0.15, -0.1) is 0 Å². The number of hydrogen-bond donors (Lipinski definition) is 1. The Labute approximate surface area is 165 Å². The van der Waals surface area contributed by atoms with Crippen molar-refractivity contribution in [2.24, 2.45) is 0 Å². The van der Waals surface area contributed by atoms with Gasteiger partial charge in [0.15, 0.2) is 0 Å². The fraction of sp³-hybridized carbons (Fsp3) is 0.160. The Kier molecular flexibility index (Phi) is 6.07. The molecule has 0 bridgehead atoms. The maximum absolute atomic E-state index is 11.7. The zero-order chi connectivity index (χ0) is 20.1. The molecule has 1 N–H and O–H groups in total. The first-order valence-electron chi connectivity index (χ1n) is 9.21. The molecule has 0 aliphatic rings. The van der Waals surface area contributed by atoms with E-state index in [2.05, 4.69) is 43.8 Å². The molecule has 0 saturated carbocycles. The van der Waals surface area contributed by atoms with Gasteiger partial charge in [-0.25, -0.2) is 4.79 Å². The van der Waals surface area contributed by atoms with Crippen LogP contribution in [0.5, 0.6) is 0 Å². The largest absolute Gasteiger partial charge is 0.457 e. The summed E-state index contributed by atoms with van der Waals surface area (Å²) in [7, 11) is 0. The second kappa shape index (κ2) is 8.68. The number of rotatable bonds is 6. The third-order valence-corrected chi connectivity index (χ3v) is 4.73. The highest BCUT2D eigenvalue weighted by Crippen LogP contribution is 2.30. The normalized spacial score (nSPS) is 10.5. The lowest BCUT2D eigenvalue weighted by atomic mass is 9.93. The Morgan fingerprint density at radius 1 is 0.929 bits per heavy atom. The number of carbonyl (C=O) groups is 1. The Balaban J connectivity index is 1.92. The number of aliphatic hydroxyl groups is 1. The topological polar surface area (TPSA) is 46.5 Å². The van der Waals surface area contributed by atoms with Crippen molar-refractivity contribution < 1.29 is 14.6 Å². The number of benzene rings is 3. The number of esters is 1. The molecule has 0 saturated heterocycles. The second-order valence-corrected chi connectivity index (χ2v) is 6.89. The number of carbonyl (C=O) groups excluding carboxylic acids is 1. The molecule has 0 fully saturated rings. The van der Waals surface area contributed by atoms with E-state index in [9.17, 15) is 9.90 Å². The molecule has 3 aromatic carbocycles. The molecule has 0 unspecified atom stereocenters. The second-order valence-electron chi connectivity index (χ2n) is 6.89. The molecular formula is C25H24O3. The van der Waals surface area contributed by atoms with E-state index in [1.54, 1.807) is 6.92 Å². The third kappa shape index (κ3) is 4.38. The minimum absolute atomic E-state index is 0.105. The first kappa shape index (κ1) is 19.6. The standard InChI is InChI=1S/C25H24O3/c1-17(2)25(27)28-16-23-14-21(9-10-22(23)15-26)24-12-11-20(13-18(24)3)19-7-5-4-6-8-19/h4-14,26H,1,15-16H2,2-3H3. The first-order chi connectivity index (χ1) is 13.5. The number of aryl methyl sites for hydroxylation is 1. The molecule has 3 rings (SSSR count). The lowest BCUT2D eigenvalue weighted by Gasteiger charge is -2.14. The van der Waals surface area contributed by atoms with Crippen LogP contribution >= 0.6 is 0 Å². The fourth-order valence-electron chi connectivity index (χ4n) is 3.15. The van der Waals surface area contributed by atoms with Crippen LogP contribution in [0.15, 0.2) is 78.9 Å². The summed E-state index contributed by atoms with van der Waals surface area (Å²) in [6.45, 7) is 7.30. The summed E-state index contributed by atoms with van der Waals surface area (Å²) in [5, 5.41) is 9.61. The van der Waals surface area contributed by atoms with Crippen molar-refractivity contribution >= 4 is 5.97 Å². The van der Waals surface area contributed by atoms with Gasteiger partial charge in [-0.1, -0.05) is 67.2 Å². The van der Waals surface area contributed by atoms with Gasteiger partial charge in [0.25, 0.3) is 0 Å². The van der Waals surface area contributed by atoms with E-state index >= 15 is 0 Å². The summed E-state index contributed by atoms with van der Waals surface area (Å²) in [6, 6.07) is 22.5. The average molecular weight is 372 g/mol. The van der Waals surface area contributed by atoms with Crippen LogP contribution in [-0.2, 0) is 22.7 Å². The van der Waals surface area contributed by atoms with Crippen molar-refractivity contribution in [2.75, 3.05) is 0 Å². The van der Waals surface area contributed by atoms with Gasteiger partial charge in [-0.3, -0.25) is 0 Å². The molecule has 142 valence electrons. The molecule has 0 heterocycles. The number of aliphatic hydroxyl groups excluding tert-OH is 1. The Morgan fingerprint density at radius 2 is 1.64 bits per heavy atom. The quantitative estimate of drug-likeness (QED) is 0.463. The van der Waals surface area contributed by atoms with Gasteiger partial charge in [-0.05, 0) is 58.9 Å². The summed E-state index contributed by atoms with van der Waals surface area (Å²) >= 11 is 0. The Hall–Kier alpha value is -3.17. The molecule has 0 spiro atoms. The minimum atomic E-state index is -0.433. The Morgan fingerprint density at radius 3 is 2.29 bits per heavy atom. The van der Waals surface area contributed by atoms with Gasteiger partial charge in [0.2, 0.25) is 0 Å². The molecule has 0 aromatic heterocycles. The van der Waals surface area contributed by atoms with Gasteiger partial charge in [0, 0.05) is 5.57 Å². The third-order valence-electron chi connectivity index (χ3n) is 4.73. The molecule has 0 aliphatic carbocycles. The van der Waals surface area contributed by atoms with Gasteiger partial charge in [0.05, 0.1) is 6.61 Å². The molecule has 3 nitrogen and oxygen atoms in total. The minimum Gasteiger partial charge on any atom is -0.457 e. The fourth-order valence-corrected chi connectivity index (χ4v) is 3.15.